The summed E-state index contributed by atoms with van der Waals surface area (Å²) < 4.78 is 30.2. The highest BCUT2D eigenvalue weighted by Gasteiger charge is 2.20. The van der Waals surface area contributed by atoms with E-state index in [-0.39, 0.29) is 22.6 Å². The molecule has 0 fully saturated rings. The number of aromatic nitrogens is 1. The monoisotopic (exact) mass is 326 g/mol. The number of sulfonamides is 1. The first-order chi connectivity index (χ1) is 8.75. The zero-order chi connectivity index (χ0) is 14.6. The van der Waals surface area contributed by atoms with Crippen LogP contribution in [0.3, 0.4) is 0 Å². The fourth-order valence-electron chi connectivity index (χ4n) is 1.27. The predicted molar refractivity (Wildman–Crippen MR) is 73.0 cm³/mol. The van der Waals surface area contributed by atoms with Crippen molar-refractivity contribution in [1.29, 1.82) is 0 Å². The van der Waals surface area contributed by atoms with Crippen LogP contribution in [0.4, 0.5) is 5.69 Å². The second-order valence-electron chi connectivity index (χ2n) is 3.59. The first kappa shape index (κ1) is 16.0. The van der Waals surface area contributed by atoms with E-state index >= 15 is 0 Å². The minimum absolute atomic E-state index is 0.0857. The van der Waals surface area contributed by atoms with Crippen LogP contribution in [0.5, 0.6) is 0 Å². The number of nitrogens with zero attached hydrogens (tertiary/aromatic N) is 1. The number of nitrogens with one attached hydrogen (secondary N) is 1. The third-order valence-electron chi connectivity index (χ3n) is 2.01. The molecule has 0 spiro atoms. The van der Waals surface area contributed by atoms with Crippen LogP contribution in [0.2, 0.25) is 10.3 Å². The number of rotatable bonds is 5. The first-order valence-electron chi connectivity index (χ1n) is 5.24. The number of hydrogen-bond donors (Lipinski definition) is 1. The number of halogens is 2. The topological polar surface area (TPSA) is 85.4 Å². The molecule has 1 aromatic heterocycles. The second-order valence-corrected chi connectivity index (χ2v) is 6.06. The molecule has 0 atom stereocenters. The van der Waals surface area contributed by atoms with Crippen molar-refractivity contribution in [2.24, 2.45) is 0 Å². The van der Waals surface area contributed by atoms with Gasteiger partial charge in [0.1, 0.15) is 5.15 Å². The van der Waals surface area contributed by atoms with Gasteiger partial charge >= 0.3 is 5.97 Å². The number of ether oxygens (including phenoxy) is 1. The third kappa shape index (κ3) is 4.85. The number of esters is 1. The van der Waals surface area contributed by atoms with Crippen LogP contribution in [0.1, 0.15) is 12.5 Å². The lowest BCUT2D eigenvalue weighted by Crippen LogP contribution is -2.25. The van der Waals surface area contributed by atoms with Crippen LogP contribution < -0.4 is 4.72 Å². The Labute approximate surface area is 121 Å². The van der Waals surface area contributed by atoms with Crippen molar-refractivity contribution in [3.63, 3.8) is 0 Å². The van der Waals surface area contributed by atoms with Crippen molar-refractivity contribution < 1.29 is 17.9 Å². The lowest BCUT2D eigenvalue weighted by Gasteiger charge is -2.11. The van der Waals surface area contributed by atoms with Crippen LogP contribution in [0.25, 0.3) is 0 Å². The fourth-order valence-corrected chi connectivity index (χ4v) is 2.94. The summed E-state index contributed by atoms with van der Waals surface area (Å²) in [5.74, 6) is -1.63. The molecule has 0 aromatic carbocycles. The lowest BCUT2D eigenvalue weighted by molar-refractivity contribution is -0.139. The Bertz CT molecular complexity index is 566. The number of carbonyl (C=O) groups is 1. The molecule has 1 heterocycles. The average molecular weight is 327 g/mol. The molecule has 9 heteroatoms. The smallest absolute Gasteiger partial charge is 0.323 e. The minimum Gasteiger partial charge on any atom is -0.465 e. The molecule has 0 bridgehead atoms. The molecule has 0 saturated carbocycles. The molecule has 0 aliphatic rings. The standard InChI is InChI=1S/C10H12Cl2N2O4S/c1-3-18-8(15)5-19(16,17)14-9-6(2)4-7(11)13-10(9)12/h4,14H,3,5H2,1-2H3. The molecule has 19 heavy (non-hydrogen) atoms. The predicted octanol–water partition coefficient (Wildman–Crippen LogP) is 2.00. The molecule has 6 nitrogen and oxygen atoms in total. The summed E-state index contributed by atoms with van der Waals surface area (Å²) in [6.07, 6.45) is 0. The normalized spacial score (nSPS) is 11.2. The molecule has 0 aliphatic carbocycles. The molecule has 0 aliphatic heterocycles. The summed E-state index contributed by atoms with van der Waals surface area (Å²) in [6.45, 7) is 3.31. The van der Waals surface area contributed by atoms with Crippen molar-refractivity contribution in [2.75, 3.05) is 17.1 Å². The van der Waals surface area contributed by atoms with Crippen LogP contribution in [-0.4, -0.2) is 31.7 Å². The maximum Gasteiger partial charge on any atom is 0.323 e. The molecule has 106 valence electrons. The SMILES string of the molecule is CCOC(=O)CS(=O)(=O)Nc1c(C)cc(Cl)nc1Cl. The molecule has 0 radical (unpaired) electrons. The highest BCUT2D eigenvalue weighted by atomic mass is 35.5. The van der Waals surface area contributed by atoms with E-state index in [0.717, 1.165) is 0 Å². The molecule has 0 unspecified atom stereocenters. The zero-order valence-corrected chi connectivity index (χ0v) is 12.6. The van der Waals surface area contributed by atoms with E-state index in [1.807, 2.05) is 0 Å². The summed E-state index contributed by atoms with van der Waals surface area (Å²) in [6, 6.07) is 1.45. The van der Waals surface area contributed by atoms with Gasteiger partial charge in [0.25, 0.3) is 0 Å². The summed E-state index contributed by atoms with van der Waals surface area (Å²) >= 11 is 11.5. The highest BCUT2D eigenvalue weighted by Crippen LogP contribution is 2.27. The van der Waals surface area contributed by atoms with E-state index in [2.05, 4.69) is 14.4 Å². The molecular weight excluding hydrogens is 315 g/mol. The van der Waals surface area contributed by atoms with Crippen LogP contribution in [-0.2, 0) is 19.6 Å². The number of anilines is 1. The Hall–Kier alpha value is -1.05. The number of carbonyl (C=O) groups excluding carboxylic acids is 1. The molecule has 1 N–H and O–H groups in total. The third-order valence-corrected chi connectivity index (χ3v) is 3.61. The van der Waals surface area contributed by atoms with E-state index in [9.17, 15) is 13.2 Å². The number of aryl methyl sites for hydroxylation is 1. The number of hydrogen-bond acceptors (Lipinski definition) is 5. The summed E-state index contributed by atoms with van der Waals surface area (Å²) in [7, 11) is -3.91. The Morgan fingerprint density at radius 3 is 2.63 bits per heavy atom. The van der Waals surface area contributed by atoms with Gasteiger partial charge in [-0.1, -0.05) is 23.2 Å². The zero-order valence-electron chi connectivity index (χ0n) is 10.2. The van der Waals surface area contributed by atoms with Crippen LogP contribution >= 0.6 is 23.2 Å². The van der Waals surface area contributed by atoms with Gasteiger partial charge in [0.2, 0.25) is 10.0 Å². The van der Waals surface area contributed by atoms with E-state index in [0.29, 0.717) is 5.56 Å². The van der Waals surface area contributed by atoms with Gasteiger partial charge < -0.3 is 4.74 Å². The maximum atomic E-state index is 11.7. The van der Waals surface area contributed by atoms with Gasteiger partial charge in [-0.05, 0) is 25.5 Å². The Balaban J connectivity index is 2.93. The Kier molecular flexibility index (Phi) is 5.39. The molecule has 1 rings (SSSR count). The van der Waals surface area contributed by atoms with Crippen molar-refractivity contribution in [3.05, 3.63) is 21.9 Å². The summed E-state index contributed by atoms with van der Waals surface area (Å²) in [4.78, 5) is 14.9. The lowest BCUT2D eigenvalue weighted by atomic mass is 10.3. The fraction of sp³-hybridized carbons (Fsp3) is 0.400. The van der Waals surface area contributed by atoms with Gasteiger partial charge in [-0.2, -0.15) is 0 Å². The largest absolute Gasteiger partial charge is 0.465 e. The van der Waals surface area contributed by atoms with Gasteiger partial charge in [-0.15, -0.1) is 0 Å². The quantitative estimate of drug-likeness (QED) is 0.660. The van der Waals surface area contributed by atoms with Crippen molar-refractivity contribution >= 4 is 44.9 Å². The highest BCUT2D eigenvalue weighted by molar-refractivity contribution is 7.93. The van der Waals surface area contributed by atoms with E-state index in [4.69, 9.17) is 23.2 Å². The van der Waals surface area contributed by atoms with Gasteiger partial charge in [-0.3, -0.25) is 9.52 Å². The van der Waals surface area contributed by atoms with Crippen molar-refractivity contribution in [2.45, 2.75) is 13.8 Å². The second kappa shape index (κ2) is 6.40. The molecule has 0 amide bonds. The van der Waals surface area contributed by atoms with Gasteiger partial charge in [0, 0.05) is 0 Å². The molecule has 1 aromatic rings. The van der Waals surface area contributed by atoms with Crippen LogP contribution in [0, 0.1) is 6.92 Å². The van der Waals surface area contributed by atoms with Crippen molar-refractivity contribution in [3.8, 4) is 0 Å². The maximum absolute atomic E-state index is 11.7. The van der Waals surface area contributed by atoms with Gasteiger partial charge in [0.15, 0.2) is 10.9 Å². The van der Waals surface area contributed by atoms with E-state index < -0.39 is 21.7 Å². The van der Waals surface area contributed by atoms with Gasteiger partial charge in [-0.25, -0.2) is 13.4 Å². The summed E-state index contributed by atoms with van der Waals surface area (Å²) in [5.41, 5.74) is 0.591. The van der Waals surface area contributed by atoms with Crippen molar-refractivity contribution in [1.82, 2.24) is 4.98 Å². The Morgan fingerprint density at radius 1 is 1.47 bits per heavy atom. The minimum atomic E-state index is -3.91. The molecular formula is C10H12Cl2N2O4S. The van der Waals surface area contributed by atoms with E-state index in [1.165, 1.54) is 6.07 Å². The van der Waals surface area contributed by atoms with Gasteiger partial charge in [0.05, 0.1) is 12.3 Å². The van der Waals surface area contributed by atoms with Crippen LogP contribution in [0.15, 0.2) is 6.07 Å². The summed E-state index contributed by atoms with van der Waals surface area (Å²) in [5, 5.41) is 0.0632. The Morgan fingerprint density at radius 2 is 2.11 bits per heavy atom. The molecule has 0 saturated heterocycles. The van der Waals surface area contributed by atoms with E-state index in [1.54, 1.807) is 13.8 Å². The average Bonchev–Trinajstić information content (AvgIpc) is 2.23. The number of pyridine rings is 1. The first-order valence-corrected chi connectivity index (χ1v) is 7.64.